The van der Waals surface area contributed by atoms with E-state index in [0.29, 0.717) is 33.3 Å². The molecule has 3 N–H and O–H groups in total. The van der Waals surface area contributed by atoms with Crippen molar-refractivity contribution in [3.8, 4) is 0 Å². The highest BCUT2D eigenvalue weighted by Crippen LogP contribution is 2.25. The number of nitrogen functional groups attached to an aromatic ring is 1. The van der Waals surface area contributed by atoms with Crippen molar-refractivity contribution in [2.75, 3.05) is 16.8 Å². The number of rotatable bonds is 5. The molecular formula is C13H19ClN2OS. The van der Waals surface area contributed by atoms with E-state index < -0.39 is 0 Å². The van der Waals surface area contributed by atoms with Crippen molar-refractivity contribution < 1.29 is 4.79 Å². The SMILES string of the molecule is CC(C)C(C)SCC(=O)Nc1ccc(N)cc1Cl. The van der Waals surface area contributed by atoms with Gasteiger partial charge in [0.1, 0.15) is 0 Å². The third kappa shape index (κ3) is 4.78. The molecule has 18 heavy (non-hydrogen) atoms. The van der Waals surface area contributed by atoms with Crippen molar-refractivity contribution in [1.82, 2.24) is 0 Å². The number of carbonyl (C=O) groups excluding carboxylic acids is 1. The van der Waals surface area contributed by atoms with E-state index in [1.807, 2.05) is 0 Å². The fourth-order valence-electron chi connectivity index (χ4n) is 1.22. The zero-order valence-electron chi connectivity index (χ0n) is 10.9. The van der Waals surface area contributed by atoms with Gasteiger partial charge in [0.05, 0.1) is 16.5 Å². The summed E-state index contributed by atoms with van der Waals surface area (Å²) in [5.74, 6) is 0.946. The molecular weight excluding hydrogens is 268 g/mol. The number of carbonyl (C=O) groups is 1. The van der Waals surface area contributed by atoms with Crippen molar-refractivity contribution in [1.29, 1.82) is 0 Å². The Morgan fingerprint density at radius 2 is 2.11 bits per heavy atom. The molecule has 0 fully saturated rings. The number of nitrogens with one attached hydrogen (secondary N) is 1. The van der Waals surface area contributed by atoms with E-state index in [1.165, 1.54) is 0 Å². The van der Waals surface area contributed by atoms with Gasteiger partial charge in [-0.2, -0.15) is 0 Å². The van der Waals surface area contributed by atoms with E-state index in [2.05, 4.69) is 26.1 Å². The predicted molar refractivity (Wildman–Crippen MR) is 81.3 cm³/mol. The molecule has 1 unspecified atom stereocenters. The topological polar surface area (TPSA) is 55.1 Å². The average Bonchev–Trinajstić information content (AvgIpc) is 2.29. The van der Waals surface area contributed by atoms with Crippen LogP contribution in [0.3, 0.4) is 0 Å². The Hall–Kier alpha value is -0.870. The van der Waals surface area contributed by atoms with Gasteiger partial charge in [0, 0.05) is 10.9 Å². The molecule has 1 rings (SSSR count). The van der Waals surface area contributed by atoms with Gasteiger partial charge in [0.2, 0.25) is 5.91 Å². The Bertz CT molecular complexity index is 423. The third-order valence-electron chi connectivity index (χ3n) is 2.68. The van der Waals surface area contributed by atoms with Crippen LogP contribution in [-0.4, -0.2) is 16.9 Å². The molecule has 0 saturated carbocycles. The van der Waals surface area contributed by atoms with E-state index in [0.717, 1.165) is 0 Å². The largest absolute Gasteiger partial charge is 0.399 e. The second-order valence-electron chi connectivity index (χ2n) is 4.55. The molecule has 5 heteroatoms. The molecule has 1 amide bonds. The van der Waals surface area contributed by atoms with Crippen LogP contribution in [0.2, 0.25) is 5.02 Å². The Balaban J connectivity index is 2.50. The third-order valence-corrected chi connectivity index (χ3v) is 4.50. The molecule has 1 atom stereocenters. The van der Waals surface area contributed by atoms with Gasteiger partial charge in [0.15, 0.2) is 0 Å². The lowest BCUT2D eigenvalue weighted by Gasteiger charge is -2.14. The molecule has 3 nitrogen and oxygen atoms in total. The Labute approximate surface area is 117 Å². The fraction of sp³-hybridized carbons (Fsp3) is 0.462. The van der Waals surface area contributed by atoms with Gasteiger partial charge in [-0.15, -0.1) is 11.8 Å². The number of hydrogen-bond acceptors (Lipinski definition) is 3. The van der Waals surface area contributed by atoms with Gasteiger partial charge in [-0.05, 0) is 24.1 Å². The number of benzene rings is 1. The lowest BCUT2D eigenvalue weighted by molar-refractivity contribution is -0.113. The molecule has 0 aliphatic carbocycles. The molecule has 0 spiro atoms. The van der Waals surface area contributed by atoms with Crippen LogP contribution in [0.15, 0.2) is 18.2 Å². The quantitative estimate of drug-likeness (QED) is 0.813. The van der Waals surface area contributed by atoms with E-state index in [9.17, 15) is 4.79 Å². The average molecular weight is 287 g/mol. The molecule has 0 aliphatic rings. The minimum absolute atomic E-state index is 0.0424. The van der Waals surface area contributed by atoms with E-state index in [1.54, 1.807) is 30.0 Å². The first kappa shape index (κ1) is 15.2. The standard InChI is InChI=1S/C13H19ClN2OS/c1-8(2)9(3)18-7-13(17)16-12-5-4-10(15)6-11(12)14/h4-6,8-9H,7,15H2,1-3H3,(H,16,17). The van der Waals surface area contributed by atoms with Crippen LogP contribution in [-0.2, 0) is 4.79 Å². The van der Waals surface area contributed by atoms with Gasteiger partial charge in [-0.25, -0.2) is 0 Å². The Morgan fingerprint density at radius 1 is 1.44 bits per heavy atom. The smallest absolute Gasteiger partial charge is 0.234 e. The zero-order chi connectivity index (χ0) is 13.7. The van der Waals surface area contributed by atoms with Crippen LogP contribution >= 0.6 is 23.4 Å². The monoisotopic (exact) mass is 286 g/mol. The summed E-state index contributed by atoms with van der Waals surface area (Å²) in [6, 6.07) is 5.05. The highest BCUT2D eigenvalue weighted by molar-refractivity contribution is 8.00. The number of nitrogens with two attached hydrogens (primary N) is 1. The minimum atomic E-state index is -0.0424. The van der Waals surface area contributed by atoms with Crippen LogP contribution in [0.25, 0.3) is 0 Å². The summed E-state index contributed by atoms with van der Waals surface area (Å²) in [5, 5.41) is 3.70. The minimum Gasteiger partial charge on any atom is -0.399 e. The number of anilines is 2. The van der Waals surface area contributed by atoms with E-state index in [4.69, 9.17) is 17.3 Å². The van der Waals surface area contributed by atoms with Crippen molar-refractivity contribution >= 4 is 40.6 Å². The first-order valence-corrected chi connectivity index (χ1v) is 7.29. The van der Waals surface area contributed by atoms with E-state index in [-0.39, 0.29) is 5.91 Å². The number of thioether (sulfide) groups is 1. The fourth-order valence-corrected chi connectivity index (χ4v) is 2.33. The zero-order valence-corrected chi connectivity index (χ0v) is 12.4. The van der Waals surface area contributed by atoms with E-state index >= 15 is 0 Å². The number of halogens is 1. The van der Waals surface area contributed by atoms with Crippen molar-refractivity contribution in [2.24, 2.45) is 5.92 Å². The summed E-state index contributed by atoms with van der Waals surface area (Å²) in [5.41, 5.74) is 6.78. The Kier molecular flexibility index (Phi) is 5.82. The molecule has 0 aromatic heterocycles. The number of hydrogen-bond donors (Lipinski definition) is 2. The normalized spacial score (nSPS) is 12.5. The molecule has 1 aromatic rings. The maximum absolute atomic E-state index is 11.8. The second kappa shape index (κ2) is 6.90. The maximum atomic E-state index is 11.8. The van der Waals surface area contributed by atoms with Crippen molar-refractivity contribution in [2.45, 2.75) is 26.0 Å². The predicted octanol–water partition coefficient (Wildman–Crippen LogP) is 3.64. The first-order chi connectivity index (χ1) is 8.40. The first-order valence-electron chi connectivity index (χ1n) is 5.86. The second-order valence-corrected chi connectivity index (χ2v) is 6.32. The lowest BCUT2D eigenvalue weighted by atomic mass is 10.2. The van der Waals surface area contributed by atoms with Gasteiger partial charge in [-0.3, -0.25) is 4.79 Å². The van der Waals surface area contributed by atoms with Crippen LogP contribution < -0.4 is 11.1 Å². The maximum Gasteiger partial charge on any atom is 0.234 e. The van der Waals surface area contributed by atoms with Crippen molar-refractivity contribution in [3.05, 3.63) is 23.2 Å². The van der Waals surface area contributed by atoms with Gasteiger partial charge in [0.25, 0.3) is 0 Å². The van der Waals surface area contributed by atoms with Crippen LogP contribution in [0.4, 0.5) is 11.4 Å². The molecule has 0 bridgehead atoms. The molecule has 0 heterocycles. The van der Waals surface area contributed by atoms with Gasteiger partial charge in [-0.1, -0.05) is 32.4 Å². The summed E-state index contributed by atoms with van der Waals surface area (Å²) >= 11 is 7.63. The lowest BCUT2D eigenvalue weighted by Crippen LogP contribution is -2.17. The summed E-state index contributed by atoms with van der Waals surface area (Å²) < 4.78 is 0. The Morgan fingerprint density at radius 3 is 2.67 bits per heavy atom. The summed E-state index contributed by atoms with van der Waals surface area (Å²) in [6.07, 6.45) is 0. The molecule has 1 aromatic carbocycles. The molecule has 100 valence electrons. The molecule has 0 aliphatic heterocycles. The molecule has 0 saturated heterocycles. The highest BCUT2D eigenvalue weighted by Gasteiger charge is 2.11. The summed E-state index contributed by atoms with van der Waals surface area (Å²) in [7, 11) is 0. The highest BCUT2D eigenvalue weighted by atomic mass is 35.5. The van der Waals surface area contributed by atoms with Crippen LogP contribution in [0, 0.1) is 5.92 Å². The van der Waals surface area contributed by atoms with Gasteiger partial charge < -0.3 is 11.1 Å². The van der Waals surface area contributed by atoms with Crippen LogP contribution in [0.1, 0.15) is 20.8 Å². The summed E-state index contributed by atoms with van der Waals surface area (Å²) in [4.78, 5) is 11.8. The number of amides is 1. The molecule has 0 radical (unpaired) electrons. The summed E-state index contributed by atoms with van der Waals surface area (Å²) in [6.45, 7) is 6.41. The van der Waals surface area contributed by atoms with Gasteiger partial charge >= 0.3 is 0 Å². The van der Waals surface area contributed by atoms with Crippen molar-refractivity contribution in [3.63, 3.8) is 0 Å². The van der Waals surface area contributed by atoms with Crippen LogP contribution in [0.5, 0.6) is 0 Å².